The highest BCUT2D eigenvalue weighted by Gasteiger charge is 2.19. The molecule has 25 heavy (non-hydrogen) atoms. The predicted octanol–water partition coefficient (Wildman–Crippen LogP) is 2.67. The summed E-state index contributed by atoms with van der Waals surface area (Å²) in [5, 5.41) is 0.469. The maximum absolute atomic E-state index is 12.8. The lowest BCUT2D eigenvalue weighted by atomic mass is 10.0. The third-order valence-corrected chi connectivity index (χ3v) is 4.57. The molecule has 0 fully saturated rings. The molecule has 0 bridgehead atoms. The first-order valence-electron chi connectivity index (χ1n) is 7.76. The lowest BCUT2D eigenvalue weighted by molar-refractivity contribution is -0.140. The SMILES string of the molecule is COC(=O)CCc1c(N)cccc1-n1c(=O)n(C)c2cccc(Cl)c21. The summed E-state index contributed by atoms with van der Waals surface area (Å²) in [6.45, 7) is 0. The Balaban J connectivity index is 2.26. The van der Waals surface area contributed by atoms with Gasteiger partial charge in [-0.05, 0) is 36.2 Å². The van der Waals surface area contributed by atoms with E-state index < -0.39 is 0 Å². The standard InChI is InChI=1S/C18H18ClN3O3/c1-21-15-8-3-5-12(19)17(15)22(18(21)24)14-7-4-6-13(20)11(14)9-10-16(23)25-2/h3-8H,9-10,20H2,1-2H3. The second kappa shape index (κ2) is 6.64. The number of halogens is 1. The second-order valence-corrected chi connectivity index (χ2v) is 6.11. The molecule has 0 radical (unpaired) electrons. The first-order valence-corrected chi connectivity index (χ1v) is 8.14. The number of carbonyl (C=O) groups is 1. The molecule has 0 aliphatic rings. The summed E-state index contributed by atoms with van der Waals surface area (Å²) in [6, 6.07) is 10.7. The Hall–Kier alpha value is -2.73. The maximum Gasteiger partial charge on any atom is 0.333 e. The number of esters is 1. The fourth-order valence-corrected chi connectivity index (χ4v) is 3.23. The van der Waals surface area contributed by atoms with E-state index in [-0.39, 0.29) is 18.1 Å². The first-order chi connectivity index (χ1) is 12.0. The van der Waals surface area contributed by atoms with Gasteiger partial charge in [-0.2, -0.15) is 0 Å². The number of nitrogens with two attached hydrogens (primary N) is 1. The Kier molecular flexibility index (Phi) is 4.55. The Morgan fingerprint density at radius 2 is 1.96 bits per heavy atom. The molecule has 0 amide bonds. The molecule has 3 aromatic rings. The first kappa shape index (κ1) is 17.1. The largest absolute Gasteiger partial charge is 0.469 e. The molecule has 2 aromatic carbocycles. The zero-order valence-corrected chi connectivity index (χ0v) is 14.7. The van der Waals surface area contributed by atoms with Crippen LogP contribution in [0.2, 0.25) is 5.02 Å². The third-order valence-electron chi connectivity index (χ3n) is 4.26. The molecule has 3 rings (SSSR count). The number of imidazole rings is 1. The van der Waals surface area contributed by atoms with E-state index >= 15 is 0 Å². The minimum absolute atomic E-state index is 0.172. The Morgan fingerprint density at radius 3 is 2.68 bits per heavy atom. The van der Waals surface area contributed by atoms with E-state index in [9.17, 15) is 9.59 Å². The van der Waals surface area contributed by atoms with Crippen molar-refractivity contribution >= 4 is 34.3 Å². The highest BCUT2D eigenvalue weighted by atomic mass is 35.5. The van der Waals surface area contributed by atoms with Crippen LogP contribution in [0.1, 0.15) is 12.0 Å². The van der Waals surface area contributed by atoms with E-state index in [1.54, 1.807) is 41.9 Å². The molecule has 0 aliphatic heterocycles. The smallest absolute Gasteiger partial charge is 0.333 e. The number of hydrogen-bond acceptors (Lipinski definition) is 4. The number of aryl methyl sites for hydroxylation is 1. The molecule has 2 N–H and O–H groups in total. The maximum atomic E-state index is 12.8. The molecule has 0 atom stereocenters. The third kappa shape index (κ3) is 2.89. The van der Waals surface area contributed by atoms with Crippen molar-refractivity contribution < 1.29 is 9.53 Å². The van der Waals surface area contributed by atoms with Gasteiger partial charge in [0.05, 0.1) is 28.9 Å². The van der Waals surface area contributed by atoms with Crippen LogP contribution in [0.5, 0.6) is 0 Å². The molecule has 7 heteroatoms. The molecule has 1 aromatic heterocycles. The summed E-state index contributed by atoms with van der Waals surface area (Å²) in [5.74, 6) is -0.336. The number of fused-ring (bicyclic) bond motifs is 1. The molecule has 6 nitrogen and oxygen atoms in total. The zero-order chi connectivity index (χ0) is 18.1. The number of anilines is 1. The number of benzene rings is 2. The molecule has 0 aliphatic carbocycles. The normalized spacial score (nSPS) is 11.0. The van der Waals surface area contributed by atoms with Gasteiger partial charge in [0.15, 0.2) is 0 Å². The van der Waals surface area contributed by atoms with Gasteiger partial charge in [-0.3, -0.25) is 13.9 Å². The lowest BCUT2D eigenvalue weighted by Gasteiger charge is -2.13. The number of carbonyl (C=O) groups excluding carboxylic acids is 1. The van der Waals surface area contributed by atoms with Gasteiger partial charge >= 0.3 is 11.7 Å². The van der Waals surface area contributed by atoms with E-state index in [2.05, 4.69) is 0 Å². The van der Waals surface area contributed by atoms with Crippen LogP contribution in [0.3, 0.4) is 0 Å². The number of methoxy groups -OCH3 is 1. The molecule has 0 spiro atoms. The van der Waals surface area contributed by atoms with E-state index in [1.807, 2.05) is 6.07 Å². The van der Waals surface area contributed by atoms with Crippen LogP contribution in [0.15, 0.2) is 41.2 Å². The zero-order valence-electron chi connectivity index (χ0n) is 14.0. The lowest BCUT2D eigenvalue weighted by Crippen LogP contribution is -2.22. The molecule has 130 valence electrons. The van der Waals surface area contributed by atoms with Crippen LogP contribution in [0.4, 0.5) is 5.69 Å². The number of aromatic nitrogens is 2. The Morgan fingerprint density at radius 1 is 1.24 bits per heavy atom. The fourth-order valence-electron chi connectivity index (χ4n) is 2.97. The van der Waals surface area contributed by atoms with Crippen molar-refractivity contribution in [2.75, 3.05) is 12.8 Å². The fraction of sp³-hybridized carbons (Fsp3) is 0.222. The van der Waals surface area contributed by atoms with Crippen molar-refractivity contribution in [3.8, 4) is 5.69 Å². The summed E-state index contributed by atoms with van der Waals surface area (Å²) < 4.78 is 7.78. The number of ether oxygens (including phenoxy) is 1. The van der Waals surface area contributed by atoms with Crippen molar-refractivity contribution in [1.82, 2.24) is 9.13 Å². The number of rotatable bonds is 4. The van der Waals surface area contributed by atoms with Crippen molar-refractivity contribution in [3.05, 3.63) is 57.5 Å². The van der Waals surface area contributed by atoms with Crippen LogP contribution in [-0.4, -0.2) is 22.2 Å². The molecule has 0 unspecified atom stereocenters. The van der Waals surface area contributed by atoms with Crippen LogP contribution < -0.4 is 11.4 Å². The number of para-hydroxylation sites is 1. The van der Waals surface area contributed by atoms with Gasteiger partial charge in [0.1, 0.15) is 0 Å². The topological polar surface area (TPSA) is 79.2 Å². The van der Waals surface area contributed by atoms with E-state index in [0.29, 0.717) is 33.9 Å². The summed E-state index contributed by atoms with van der Waals surface area (Å²) in [7, 11) is 3.03. The molecule has 0 saturated heterocycles. The predicted molar refractivity (Wildman–Crippen MR) is 98.3 cm³/mol. The number of nitrogens with zero attached hydrogens (tertiary/aromatic N) is 2. The van der Waals surface area contributed by atoms with Crippen molar-refractivity contribution in [2.24, 2.45) is 7.05 Å². The van der Waals surface area contributed by atoms with E-state index in [0.717, 1.165) is 5.52 Å². The van der Waals surface area contributed by atoms with Crippen molar-refractivity contribution in [2.45, 2.75) is 12.8 Å². The van der Waals surface area contributed by atoms with Crippen LogP contribution in [-0.2, 0) is 23.0 Å². The minimum atomic E-state index is -0.336. The molecule has 0 saturated carbocycles. The second-order valence-electron chi connectivity index (χ2n) is 5.71. The summed E-state index contributed by atoms with van der Waals surface area (Å²) in [6.07, 6.45) is 0.535. The van der Waals surface area contributed by atoms with Gasteiger partial charge in [-0.25, -0.2) is 4.79 Å². The summed E-state index contributed by atoms with van der Waals surface area (Å²) >= 11 is 6.36. The summed E-state index contributed by atoms with van der Waals surface area (Å²) in [4.78, 5) is 24.4. The van der Waals surface area contributed by atoms with Crippen LogP contribution in [0.25, 0.3) is 16.7 Å². The van der Waals surface area contributed by atoms with Crippen LogP contribution >= 0.6 is 11.6 Å². The quantitative estimate of drug-likeness (QED) is 0.573. The van der Waals surface area contributed by atoms with Crippen molar-refractivity contribution in [3.63, 3.8) is 0 Å². The molecular weight excluding hydrogens is 342 g/mol. The van der Waals surface area contributed by atoms with Gasteiger partial charge in [0.25, 0.3) is 0 Å². The molecule has 1 heterocycles. The van der Waals surface area contributed by atoms with Gasteiger partial charge < -0.3 is 10.5 Å². The van der Waals surface area contributed by atoms with E-state index in [4.69, 9.17) is 22.1 Å². The average Bonchev–Trinajstić information content (AvgIpc) is 2.86. The van der Waals surface area contributed by atoms with Gasteiger partial charge in [-0.1, -0.05) is 23.7 Å². The van der Waals surface area contributed by atoms with E-state index in [1.165, 1.54) is 11.7 Å². The summed E-state index contributed by atoms with van der Waals surface area (Å²) in [5.41, 5.74) is 9.06. The number of nitrogen functional groups attached to an aromatic ring is 1. The van der Waals surface area contributed by atoms with Crippen molar-refractivity contribution in [1.29, 1.82) is 0 Å². The van der Waals surface area contributed by atoms with Gasteiger partial charge in [-0.15, -0.1) is 0 Å². The highest BCUT2D eigenvalue weighted by Crippen LogP contribution is 2.29. The highest BCUT2D eigenvalue weighted by molar-refractivity contribution is 6.35. The Labute approximate surface area is 149 Å². The average molecular weight is 360 g/mol. The molecular formula is C18H18ClN3O3. The number of hydrogen-bond donors (Lipinski definition) is 1. The minimum Gasteiger partial charge on any atom is -0.469 e. The van der Waals surface area contributed by atoms with Gasteiger partial charge in [0.2, 0.25) is 0 Å². The van der Waals surface area contributed by atoms with Gasteiger partial charge in [0, 0.05) is 19.2 Å². The monoisotopic (exact) mass is 359 g/mol. The van der Waals surface area contributed by atoms with Crippen LogP contribution in [0, 0.1) is 0 Å². The Bertz CT molecular complexity index is 1020.